The summed E-state index contributed by atoms with van der Waals surface area (Å²) >= 11 is 0. The molecule has 1 heterocycles. The maximum absolute atomic E-state index is 11.0. The van der Waals surface area contributed by atoms with Crippen LogP contribution in [0.2, 0.25) is 0 Å². The smallest absolute Gasteiger partial charge is 0.161 e. The Kier molecular flexibility index (Phi) is 2.48. The van der Waals surface area contributed by atoms with Gasteiger partial charge in [-0.3, -0.25) is 4.79 Å². The number of carbonyl (C=O) groups is 1. The molecule has 3 heteroatoms. The number of rotatable bonds is 4. The number of hydrogen-bond acceptors (Lipinski definition) is 3. The largest absolute Gasteiger partial charge is 0.370 e. The molecule has 1 aromatic rings. The third-order valence-corrected chi connectivity index (χ3v) is 2.44. The van der Waals surface area contributed by atoms with Crippen LogP contribution >= 0.6 is 0 Å². The third-order valence-electron chi connectivity index (χ3n) is 2.44. The first kappa shape index (κ1) is 9.19. The first-order valence-corrected chi connectivity index (χ1v) is 4.96. The Bertz CT molecular complexity index is 328. The monoisotopic (exact) mass is 190 g/mol. The molecule has 1 aliphatic carbocycles. The second-order valence-corrected chi connectivity index (χ2v) is 3.81. The van der Waals surface area contributed by atoms with E-state index >= 15 is 0 Å². The summed E-state index contributed by atoms with van der Waals surface area (Å²) in [6.07, 6.45) is 4.29. The van der Waals surface area contributed by atoms with Crippen molar-refractivity contribution in [3.63, 3.8) is 0 Å². The second kappa shape index (κ2) is 3.78. The number of carbonyl (C=O) groups excluding carboxylic acids is 1. The number of anilines is 1. The Morgan fingerprint density at radius 3 is 2.86 bits per heavy atom. The number of ketones is 1. The van der Waals surface area contributed by atoms with Crippen molar-refractivity contribution in [3.05, 3.63) is 23.9 Å². The van der Waals surface area contributed by atoms with Gasteiger partial charge in [0, 0.05) is 18.3 Å². The molecule has 0 unspecified atom stereocenters. The number of aromatic nitrogens is 1. The Labute approximate surface area is 83.5 Å². The molecule has 0 aliphatic heterocycles. The summed E-state index contributed by atoms with van der Waals surface area (Å²) in [4.78, 5) is 15.1. The first-order chi connectivity index (χ1) is 6.75. The van der Waals surface area contributed by atoms with Gasteiger partial charge in [0.15, 0.2) is 5.78 Å². The van der Waals surface area contributed by atoms with Crippen molar-refractivity contribution in [3.8, 4) is 0 Å². The van der Waals surface area contributed by atoms with Gasteiger partial charge in [0.05, 0.1) is 0 Å². The van der Waals surface area contributed by atoms with Gasteiger partial charge in [0.25, 0.3) is 0 Å². The molecule has 3 nitrogen and oxygen atoms in total. The molecule has 1 N–H and O–H groups in total. The average molecular weight is 190 g/mol. The molecule has 1 aliphatic rings. The maximum Gasteiger partial charge on any atom is 0.161 e. The molecule has 0 radical (unpaired) electrons. The fourth-order valence-electron chi connectivity index (χ4n) is 1.28. The minimum atomic E-state index is 0.0613. The predicted molar refractivity (Wildman–Crippen MR) is 55.5 cm³/mol. The third kappa shape index (κ3) is 2.31. The Morgan fingerprint density at radius 2 is 2.36 bits per heavy atom. The number of nitrogens with one attached hydrogen (secondary N) is 1. The molecule has 0 saturated heterocycles. The zero-order valence-electron chi connectivity index (χ0n) is 8.29. The van der Waals surface area contributed by atoms with Gasteiger partial charge >= 0.3 is 0 Å². The molecule has 1 saturated carbocycles. The van der Waals surface area contributed by atoms with Gasteiger partial charge in [0.2, 0.25) is 0 Å². The van der Waals surface area contributed by atoms with Crippen LogP contribution in [-0.4, -0.2) is 17.3 Å². The van der Waals surface area contributed by atoms with Crippen LogP contribution in [0.1, 0.15) is 30.1 Å². The van der Waals surface area contributed by atoms with Crippen LogP contribution in [0.4, 0.5) is 5.82 Å². The lowest BCUT2D eigenvalue weighted by atomic mass is 10.2. The van der Waals surface area contributed by atoms with E-state index in [0.717, 1.165) is 18.3 Å². The number of Topliss-reactive ketones (excluding diaryl/α,β-unsaturated/α-hetero) is 1. The summed E-state index contributed by atoms with van der Waals surface area (Å²) in [5.74, 6) is 1.76. The van der Waals surface area contributed by atoms with Crippen LogP contribution in [0.15, 0.2) is 18.3 Å². The highest BCUT2D eigenvalue weighted by atomic mass is 16.1. The van der Waals surface area contributed by atoms with Crippen LogP contribution in [0, 0.1) is 5.92 Å². The number of nitrogens with zero attached hydrogens (tertiary/aromatic N) is 1. The lowest BCUT2D eigenvalue weighted by Gasteiger charge is -2.03. The molecular weight excluding hydrogens is 176 g/mol. The fourth-order valence-corrected chi connectivity index (χ4v) is 1.28. The topological polar surface area (TPSA) is 42.0 Å². The van der Waals surface area contributed by atoms with E-state index in [1.54, 1.807) is 13.1 Å². The zero-order chi connectivity index (χ0) is 9.97. The van der Waals surface area contributed by atoms with Gasteiger partial charge in [0.1, 0.15) is 5.82 Å². The first-order valence-electron chi connectivity index (χ1n) is 4.96. The number of hydrogen-bond donors (Lipinski definition) is 1. The minimum Gasteiger partial charge on any atom is -0.370 e. The van der Waals surface area contributed by atoms with E-state index in [9.17, 15) is 4.79 Å². The second-order valence-electron chi connectivity index (χ2n) is 3.81. The van der Waals surface area contributed by atoms with Crippen molar-refractivity contribution in [1.82, 2.24) is 4.98 Å². The lowest BCUT2D eigenvalue weighted by Crippen LogP contribution is -2.05. The van der Waals surface area contributed by atoms with Crippen molar-refractivity contribution >= 4 is 11.6 Å². The highest BCUT2D eigenvalue weighted by Gasteiger charge is 2.20. The van der Waals surface area contributed by atoms with E-state index in [4.69, 9.17) is 0 Å². The van der Waals surface area contributed by atoms with E-state index in [-0.39, 0.29) is 5.78 Å². The summed E-state index contributed by atoms with van der Waals surface area (Å²) in [6.45, 7) is 2.56. The van der Waals surface area contributed by atoms with Crippen LogP contribution in [0.25, 0.3) is 0 Å². The van der Waals surface area contributed by atoms with E-state index in [0.29, 0.717) is 5.56 Å². The van der Waals surface area contributed by atoms with Gasteiger partial charge in [-0.05, 0) is 37.8 Å². The summed E-state index contributed by atoms with van der Waals surface area (Å²) in [6, 6.07) is 3.67. The van der Waals surface area contributed by atoms with Crippen molar-refractivity contribution in [2.45, 2.75) is 19.8 Å². The quantitative estimate of drug-likeness (QED) is 0.739. The van der Waals surface area contributed by atoms with E-state index in [2.05, 4.69) is 10.3 Å². The Balaban J connectivity index is 1.94. The maximum atomic E-state index is 11.0. The molecule has 1 fully saturated rings. The summed E-state index contributed by atoms with van der Waals surface area (Å²) < 4.78 is 0. The zero-order valence-corrected chi connectivity index (χ0v) is 8.29. The lowest BCUT2D eigenvalue weighted by molar-refractivity contribution is 0.101. The summed E-state index contributed by atoms with van der Waals surface area (Å²) in [7, 11) is 0. The number of pyridine rings is 1. The molecule has 1 aromatic heterocycles. The highest BCUT2D eigenvalue weighted by Crippen LogP contribution is 2.28. The normalized spacial score (nSPS) is 15.2. The van der Waals surface area contributed by atoms with Gasteiger partial charge in [-0.15, -0.1) is 0 Å². The Hall–Kier alpha value is -1.38. The fraction of sp³-hybridized carbons (Fsp3) is 0.455. The van der Waals surface area contributed by atoms with Crippen LogP contribution in [0.3, 0.4) is 0 Å². The SMILES string of the molecule is CC(=O)c1ccc(NCC2CC2)nc1. The molecular formula is C11H14N2O. The standard InChI is InChI=1S/C11H14N2O/c1-8(14)10-4-5-11(13-7-10)12-6-9-2-3-9/h4-5,7,9H,2-3,6H2,1H3,(H,12,13). The molecule has 0 amide bonds. The predicted octanol–water partition coefficient (Wildman–Crippen LogP) is 2.11. The minimum absolute atomic E-state index is 0.0613. The molecule has 74 valence electrons. The average Bonchev–Trinajstić information content (AvgIpc) is 2.99. The molecule has 0 atom stereocenters. The van der Waals surface area contributed by atoms with Gasteiger partial charge in [-0.25, -0.2) is 4.98 Å². The van der Waals surface area contributed by atoms with E-state index < -0.39 is 0 Å². The van der Waals surface area contributed by atoms with Gasteiger partial charge < -0.3 is 5.32 Å². The molecule has 0 bridgehead atoms. The highest BCUT2D eigenvalue weighted by molar-refractivity contribution is 5.93. The molecule has 0 aromatic carbocycles. The van der Waals surface area contributed by atoms with Gasteiger partial charge in [-0.2, -0.15) is 0 Å². The van der Waals surface area contributed by atoms with Gasteiger partial charge in [-0.1, -0.05) is 0 Å². The molecule has 14 heavy (non-hydrogen) atoms. The van der Waals surface area contributed by atoms with E-state index in [1.807, 2.05) is 12.1 Å². The van der Waals surface area contributed by atoms with Crippen LogP contribution < -0.4 is 5.32 Å². The van der Waals surface area contributed by atoms with Crippen molar-refractivity contribution in [1.29, 1.82) is 0 Å². The van der Waals surface area contributed by atoms with Crippen molar-refractivity contribution in [2.75, 3.05) is 11.9 Å². The van der Waals surface area contributed by atoms with Crippen LogP contribution in [0.5, 0.6) is 0 Å². The molecule has 2 rings (SSSR count). The van der Waals surface area contributed by atoms with Crippen LogP contribution in [-0.2, 0) is 0 Å². The Morgan fingerprint density at radius 1 is 1.57 bits per heavy atom. The summed E-state index contributed by atoms with van der Waals surface area (Å²) in [5, 5.41) is 3.25. The molecule has 0 spiro atoms. The van der Waals surface area contributed by atoms with Crippen molar-refractivity contribution in [2.24, 2.45) is 5.92 Å². The van der Waals surface area contributed by atoms with E-state index in [1.165, 1.54) is 12.8 Å². The summed E-state index contributed by atoms with van der Waals surface area (Å²) in [5.41, 5.74) is 0.668. The van der Waals surface area contributed by atoms with Crippen molar-refractivity contribution < 1.29 is 4.79 Å².